The number of Topliss-reactive ketones (excluding diaryl/α,β-unsaturated/α-hetero) is 1. The summed E-state index contributed by atoms with van der Waals surface area (Å²) in [5.74, 6) is 0.0897. The maximum Gasteiger partial charge on any atom is 0.215 e. The highest BCUT2D eigenvalue weighted by Crippen LogP contribution is 2.13. The number of hydrogen-bond acceptors (Lipinski definition) is 3. The fourth-order valence-electron chi connectivity index (χ4n) is 1.03. The van der Waals surface area contributed by atoms with Crippen LogP contribution in [0.1, 0.15) is 17.5 Å². The van der Waals surface area contributed by atoms with Gasteiger partial charge in [-0.05, 0) is 28.1 Å². The molecule has 2 heterocycles. The van der Waals surface area contributed by atoms with Crippen molar-refractivity contribution in [2.45, 2.75) is 6.92 Å². The molecule has 0 unspecified atom stereocenters. The second-order valence-electron chi connectivity index (χ2n) is 2.63. The largest absolute Gasteiger partial charge is 0.291 e. The first-order chi connectivity index (χ1) is 6.18. The second kappa shape index (κ2) is 2.92. The predicted octanol–water partition coefficient (Wildman–Crippen LogP) is 1.69. The van der Waals surface area contributed by atoms with Gasteiger partial charge in [-0.25, -0.2) is 9.50 Å². The summed E-state index contributed by atoms with van der Waals surface area (Å²) in [4.78, 5) is 14.9. The highest BCUT2D eigenvalue weighted by atomic mass is 79.9. The first-order valence-corrected chi connectivity index (χ1v) is 4.49. The first-order valence-electron chi connectivity index (χ1n) is 3.70. The molecule has 0 saturated carbocycles. The van der Waals surface area contributed by atoms with Crippen LogP contribution in [0.2, 0.25) is 0 Å². The van der Waals surface area contributed by atoms with Crippen LogP contribution in [0.5, 0.6) is 0 Å². The van der Waals surface area contributed by atoms with Crippen LogP contribution in [0, 0.1) is 0 Å². The number of rotatable bonds is 1. The SMILES string of the molecule is CC(=O)c1ncc2ccc(Br)n2n1. The van der Waals surface area contributed by atoms with Crippen LogP contribution in [0.4, 0.5) is 0 Å². The van der Waals surface area contributed by atoms with E-state index in [0.29, 0.717) is 0 Å². The summed E-state index contributed by atoms with van der Waals surface area (Å²) in [5.41, 5.74) is 0.858. The molecule has 0 atom stereocenters. The van der Waals surface area contributed by atoms with Crippen molar-refractivity contribution in [1.82, 2.24) is 14.6 Å². The van der Waals surface area contributed by atoms with E-state index < -0.39 is 0 Å². The van der Waals surface area contributed by atoms with Gasteiger partial charge in [0, 0.05) is 6.92 Å². The topological polar surface area (TPSA) is 47.3 Å². The fraction of sp³-hybridized carbons (Fsp3) is 0.125. The molecule has 0 bridgehead atoms. The molecule has 0 aliphatic carbocycles. The summed E-state index contributed by atoms with van der Waals surface area (Å²) in [6.07, 6.45) is 1.62. The quantitative estimate of drug-likeness (QED) is 0.712. The normalized spacial score (nSPS) is 10.6. The zero-order valence-corrected chi connectivity index (χ0v) is 8.45. The molecule has 13 heavy (non-hydrogen) atoms. The maximum absolute atomic E-state index is 11.0. The Morgan fingerprint density at radius 3 is 3.00 bits per heavy atom. The summed E-state index contributed by atoms with van der Waals surface area (Å²) in [7, 11) is 0. The molecule has 2 aromatic rings. The molecule has 0 N–H and O–H groups in total. The van der Waals surface area contributed by atoms with E-state index in [-0.39, 0.29) is 11.6 Å². The van der Waals surface area contributed by atoms with Crippen molar-refractivity contribution in [1.29, 1.82) is 0 Å². The van der Waals surface area contributed by atoms with E-state index in [1.54, 1.807) is 10.7 Å². The average Bonchev–Trinajstić information content (AvgIpc) is 2.47. The molecule has 0 saturated heterocycles. The van der Waals surface area contributed by atoms with Gasteiger partial charge in [0.25, 0.3) is 0 Å². The zero-order valence-electron chi connectivity index (χ0n) is 6.86. The third-order valence-electron chi connectivity index (χ3n) is 1.67. The van der Waals surface area contributed by atoms with E-state index in [1.807, 2.05) is 12.1 Å². The third kappa shape index (κ3) is 1.35. The van der Waals surface area contributed by atoms with Crippen LogP contribution in [-0.2, 0) is 0 Å². The fourth-order valence-corrected chi connectivity index (χ4v) is 1.45. The number of nitrogens with zero attached hydrogens (tertiary/aromatic N) is 3. The number of halogens is 1. The number of aromatic nitrogens is 3. The van der Waals surface area contributed by atoms with Crippen LogP contribution in [0.3, 0.4) is 0 Å². The van der Waals surface area contributed by atoms with Gasteiger partial charge in [-0.1, -0.05) is 0 Å². The van der Waals surface area contributed by atoms with Gasteiger partial charge in [-0.15, -0.1) is 5.10 Å². The second-order valence-corrected chi connectivity index (χ2v) is 3.44. The van der Waals surface area contributed by atoms with Crippen LogP contribution in [-0.4, -0.2) is 20.4 Å². The van der Waals surface area contributed by atoms with Gasteiger partial charge in [-0.2, -0.15) is 0 Å². The van der Waals surface area contributed by atoms with Crippen molar-refractivity contribution in [3.05, 3.63) is 28.8 Å². The molecule has 2 rings (SSSR count). The number of ketones is 1. The summed E-state index contributed by atoms with van der Waals surface area (Å²) >= 11 is 3.31. The number of carbonyl (C=O) groups excluding carboxylic acids is 1. The Bertz CT molecular complexity index is 477. The van der Waals surface area contributed by atoms with E-state index in [0.717, 1.165) is 10.1 Å². The minimum Gasteiger partial charge on any atom is -0.291 e. The van der Waals surface area contributed by atoms with E-state index in [9.17, 15) is 4.79 Å². The Kier molecular flexibility index (Phi) is 1.88. The Balaban J connectivity index is 2.72. The highest BCUT2D eigenvalue weighted by Gasteiger charge is 2.05. The summed E-state index contributed by atoms with van der Waals surface area (Å²) in [5, 5.41) is 4.04. The summed E-state index contributed by atoms with van der Waals surface area (Å²) in [6, 6.07) is 3.72. The lowest BCUT2D eigenvalue weighted by atomic mass is 10.4. The molecule has 0 aliphatic rings. The molecule has 0 spiro atoms. The Morgan fingerprint density at radius 2 is 2.31 bits per heavy atom. The van der Waals surface area contributed by atoms with Gasteiger partial charge >= 0.3 is 0 Å². The first kappa shape index (κ1) is 8.37. The predicted molar refractivity (Wildman–Crippen MR) is 50.7 cm³/mol. The molecule has 0 aromatic carbocycles. The van der Waals surface area contributed by atoms with Gasteiger partial charge in [0.2, 0.25) is 5.82 Å². The van der Waals surface area contributed by atoms with Crippen molar-refractivity contribution in [2.75, 3.05) is 0 Å². The van der Waals surface area contributed by atoms with Gasteiger partial charge in [0.05, 0.1) is 11.7 Å². The zero-order chi connectivity index (χ0) is 9.42. The molecule has 66 valence electrons. The number of hydrogen-bond donors (Lipinski definition) is 0. The number of fused-ring (bicyclic) bond motifs is 1. The van der Waals surface area contributed by atoms with Gasteiger partial charge in [0.1, 0.15) is 4.60 Å². The minimum absolute atomic E-state index is 0.137. The molecule has 0 fully saturated rings. The van der Waals surface area contributed by atoms with Crippen molar-refractivity contribution in [3.8, 4) is 0 Å². The summed E-state index contributed by atoms with van der Waals surface area (Å²) in [6.45, 7) is 1.44. The molecule has 4 nitrogen and oxygen atoms in total. The molecular formula is C8H6BrN3O. The molecule has 0 radical (unpaired) electrons. The monoisotopic (exact) mass is 239 g/mol. The Labute approximate surface area is 82.7 Å². The van der Waals surface area contributed by atoms with Crippen molar-refractivity contribution >= 4 is 27.2 Å². The van der Waals surface area contributed by atoms with Gasteiger partial charge in [0.15, 0.2) is 5.78 Å². The minimum atomic E-state index is -0.137. The van der Waals surface area contributed by atoms with Crippen LogP contribution in [0.15, 0.2) is 22.9 Å². The van der Waals surface area contributed by atoms with Crippen LogP contribution >= 0.6 is 15.9 Å². The molecule has 2 aromatic heterocycles. The molecular weight excluding hydrogens is 234 g/mol. The van der Waals surface area contributed by atoms with E-state index in [2.05, 4.69) is 26.0 Å². The maximum atomic E-state index is 11.0. The number of carbonyl (C=O) groups is 1. The van der Waals surface area contributed by atoms with Gasteiger partial charge in [-0.3, -0.25) is 4.79 Å². The smallest absolute Gasteiger partial charge is 0.215 e. The van der Waals surface area contributed by atoms with Crippen molar-refractivity contribution in [3.63, 3.8) is 0 Å². The summed E-state index contributed by atoms with van der Waals surface area (Å²) < 4.78 is 2.44. The highest BCUT2D eigenvalue weighted by molar-refractivity contribution is 9.10. The lowest BCUT2D eigenvalue weighted by molar-refractivity contribution is 0.100. The Hall–Kier alpha value is -1.23. The van der Waals surface area contributed by atoms with E-state index in [1.165, 1.54) is 6.92 Å². The third-order valence-corrected chi connectivity index (χ3v) is 2.27. The van der Waals surface area contributed by atoms with Crippen LogP contribution < -0.4 is 0 Å². The van der Waals surface area contributed by atoms with E-state index in [4.69, 9.17) is 0 Å². The van der Waals surface area contributed by atoms with Crippen molar-refractivity contribution < 1.29 is 4.79 Å². The molecule has 0 amide bonds. The molecule has 0 aliphatic heterocycles. The Morgan fingerprint density at radius 1 is 1.54 bits per heavy atom. The van der Waals surface area contributed by atoms with Gasteiger partial charge < -0.3 is 0 Å². The standard InChI is InChI=1S/C8H6BrN3O/c1-5(13)8-10-4-6-2-3-7(9)12(6)11-8/h2-4H,1H3. The van der Waals surface area contributed by atoms with E-state index >= 15 is 0 Å². The van der Waals surface area contributed by atoms with Crippen molar-refractivity contribution in [2.24, 2.45) is 0 Å². The molecule has 5 heteroatoms. The average molecular weight is 240 g/mol. The lowest BCUT2D eigenvalue weighted by Crippen LogP contribution is -2.05. The van der Waals surface area contributed by atoms with Crippen LogP contribution in [0.25, 0.3) is 5.52 Å². The lowest BCUT2D eigenvalue weighted by Gasteiger charge is -1.96.